The van der Waals surface area contributed by atoms with E-state index in [4.69, 9.17) is 4.74 Å². The van der Waals surface area contributed by atoms with E-state index < -0.39 is 0 Å². The van der Waals surface area contributed by atoms with Gasteiger partial charge in [-0.2, -0.15) is 0 Å². The van der Waals surface area contributed by atoms with Crippen LogP contribution in [0.1, 0.15) is 32.6 Å². The summed E-state index contributed by atoms with van der Waals surface area (Å²) in [5, 5.41) is 11.6. The Labute approximate surface area is 185 Å². The summed E-state index contributed by atoms with van der Waals surface area (Å²) in [6.07, 6.45) is 4.41. The van der Waals surface area contributed by atoms with E-state index >= 15 is 0 Å². The summed E-state index contributed by atoms with van der Waals surface area (Å²) in [4.78, 5) is 16.1. The molecule has 0 aliphatic carbocycles. The number of carbonyl (C=O) groups is 1. The van der Waals surface area contributed by atoms with Crippen LogP contribution in [0.5, 0.6) is 5.75 Å². The maximum absolute atomic E-state index is 13.0. The van der Waals surface area contributed by atoms with Gasteiger partial charge in [-0.3, -0.25) is 9.36 Å². The van der Waals surface area contributed by atoms with Crippen molar-refractivity contribution < 1.29 is 9.53 Å². The topological polar surface area (TPSA) is 60.2 Å². The fourth-order valence-electron chi connectivity index (χ4n) is 3.92. The second-order valence-corrected chi connectivity index (χ2v) is 9.11. The number of thioether (sulfide) groups is 1. The average molecular weight is 443 g/mol. The number of rotatable bonds is 7. The highest BCUT2D eigenvalue weighted by molar-refractivity contribution is 7.99. The summed E-state index contributed by atoms with van der Waals surface area (Å²) in [7, 11) is 1.66. The zero-order valence-corrected chi connectivity index (χ0v) is 18.9. The van der Waals surface area contributed by atoms with Gasteiger partial charge < -0.3 is 9.64 Å². The number of likely N-dealkylation sites (tertiary alicyclic amines) is 1. The quantitative estimate of drug-likeness (QED) is 0.488. The lowest BCUT2D eigenvalue weighted by atomic mass is 10.0. The van der Waals surface area contributed by atoms with Crippen molar-refractivity contribution in [3.63, 3.8) is 0 Å². The Balaban J connectivity index is 1.63. The summed E-state index contributed by atoms with van der Waals surface area (Å²) >= 11 is 3.05. The van der Waals surface area contributed by atoms with Crippen LogP contribution in [0.4, 0.5) is 0 Å². The molecule has 0 spiro atoms. The molecule has 3 aromatic rings. The monoisotopic (exact) mass is 442 g/mol. The van der Waals surface area contributed by atoms with Crippen LogP contribution >= 0.6 is 23.1 Å². The molecular weight excluding hydrogens is 416 g/mol. The van der Waals surface area contributed by atoms with Gasteiger partial charge in [-0.05, 0) is 49.3 Å². The fourth-order valence-corrected chi connectivity index (χ4v) is 5.45. The van der Waals surface area contributed by atoms with Crippen molar-refractivity contribution in [2.45, 2.75) is 43.8 Å². The number of hydrogen-bond acceptors (Lipinski definition) is 6. The van der Waals surface area contributed by atoms with E-state index in [0.29, 0.717) is 17.0 Å². The number of carbonyl (C=O) groups excluding carboxylic acids is 1. The highest BCUT2D eigenvalue weighted by Crippen LogP contribution is 2.34. The zero-order valence-electron chi connectivity index (χ0n) is 17.3. The van der Waals surface area contributed by atoms with Crippen LogP contribution in [0.15, 0.2) is 46.9 Å². The summed E-state index contributed by atoms with van der Waals surface area (Å²) in [5.41, 5.74) is 0.868. The third-order valence-corrected chi connectivity index (χ3v) is 7.22. The molecule has 1 fully saturated rings. The normalized spacial score (nSPS) is 16.6. The summed E-state index contributed by atoms with van der Waals surface area (Å²) in [6.45, 7) is 3.02. The number of thiophene rings is 1. The SMILES string of the molecule is CC[C@@H]1CCCCN1C(=O)CSc1nnc(-c2cccs2)n1-c1ccccc1OC. The molecule has 1 aliphatic heterocycles. The first-order valence-corrected chi connectivity index (χ1v) is 12.1. The lowest BCUT2D eigenvalue weighted by molar-refractivity contribution is -0.132. The van der Waals surface area contributed by atoms with E-state index in [1.165, 1.54) is 18.2 Å². The van der Waals surface area contributed by atoms with Crippen molar-refractivity contribution in [2.24, 2.45) is 0 Å². The van der Waals surface area contributed by atoms with Crippen molar-refractivity contribution in [2.75, 3.05) is 19.4 Å². The fraction of sp³-hybridized carbons (Fsp3) is 0.409. The molecule has 1 aromatic carbocycles. The number of amides is 1. The third-order valence-electron chi connectivity index (χ3n) is 5.44. The number of aromatic nitrogens is 3. The Morgan fingerprint density at radius 3 is 2.87 bits per heavy atom. The lowest BCUT2D eigenvalue weighted by Crippen LogP contribution is -2.44. The third kappa shape index (κ3) is 4.25. The van der Waals surface area contributed by atoms with Crippen molar-refractivity contribution in [3.05, 3.63) is 41.8 Å². The Kier molecular flexibility index (Phi) is 6.74. The molecule has 30 heavy (non-hydrogen) atoms. The second kappa shape index (κ2) is 9.66. The van der Waals surface area contributed by atoms with Gasteiger partial charge in [0.05, 0.1) is 23.4 Å². The first kappa shape index (κ1) is 20.9. The largest absolute Gasteiger partial charge is 0.495 e. The minimum Gasteiger partial charge on any atom is -0.495 e. The summed E-state index contributed by atoms with van der Waals surface area (Å²) in [6, 6.07) is 12.2. The minimum atomic E-state index is 0.179. The number of ether oxygens (including phenoxy) is 1. The van der Waals surface area contributed by atoms with E-state index in [9.17, 15) is 4.79 Å². The number of methoxy groups -OCH3 is 1. The first-order valence-electron chi connectivity index (χ1n) is 10.3. The lowest BCUT2D eigenvalue weighted by Gasteiger charge is -2.35. The van der Waals surface area contributed by atoms with Gasteiger partial charge in [-0.25, -0.2) is 0 Å². The van der Waals surface area contributed by atoms with Crippen molar-refractivity contribution in [1.82, 2.24) is 19.7 Å². The van der Waals surface area contributed by atoms with Gasteiger partial charge in [0.1, 0.15) is 5.75 Å². The standard InChI is InChI=1S/C22H26N4O2S2/c1-3-16-9-6-7-13-25(16)20(27)15-30-22-24-23-21(19-12-8-14-29-19)26(22)17-10-4-5-11-18(17)28-2/h4-5,8,10-12,14,16H,3,6-7,9,13,15H2,1-2H3/t16-/m1/s1. The zero-order chi connectivity index (χ0) is 20.9. The number of benzene rings is 1. The number of para-hydroxylation sites is 2. The predicted octanol–water partition coefficient (Wildman–Crippen LogP) is 4.89. The van der Waals surface area contributed by atoms with Gasteiger partial charge in [0.25, 0.3) is 0 Å². The van der Waals surface area contributed by atoms with Crippen molar-refractivity contribution in [1.29, 1.82) is 0 Å². The summed E-state index contributed by atoms with van der Waals surface area (Å²) in [5.74, 6) is 2.03. The molecule has 0 radical (unpaired) electrons. The molecule has 1 saturated heterocycles. The molecule has 0 bridgehead atoms. The van der Waals surface area contributed by atoms with Crippen molar-refractivity contribution in [3.8, 4) is 22.1 Å². The molecular formula is C22H26N4O2S2. The molecule has 2 aromatic heterocycles. The number of nitrogens with zero attached hydrogens (tertiary/aromatic N) is 4. The highest BCUT2D eigenvalue weighted by Gasteiger charge is 2.26. The second-order valence-electron chi connectivity index (χ2n) is 7.22. The smallest absolute Gasteiger partial charge is 0.233 e. The van der Waals surface area contributed by atoms with Crippen LogP contribution in [-0.4, -0.2) is 51.0 Å². The Hall–Kier alpha value is -2.32. The Morgan fingerprint density at radius 2 is 2.10 bits per heavy atom. The molecule has 3 heterocycles. The molecule has 8 heteroatoms. The predicted molar refractivity (Wildman–Crippen MR) is 122 cm³/mol. The molecule has 1 amide bonds. The minimum absolute atomic E-state index is 0.179. The van der Waals surface area contributed by atoms with E-state index in [-0.39, 0.29) is 5.91 Å². The van der Waals surface area contributed by atoms with Gasteiger partial charge >= 0.3 is 0 Å². The molecule has 6 nitrogen and oxygen atoms in total. The van der Waals surface area contributed by atoms with Crippen molar-refractivity contribution >= 4 is 29.0 Å². The van der Waals surface area contributed by atoms with Gasteiger partial charge in [0, 0.05) is 12.6 Å². The number of piperidine rings is 1. The van der Waals surface area contributed by atoms with Crippen LogP contribution in [0.2, 0.25) is 0 Å². The van der Waals surface area contributed by atoms with E-state index in [1.54, 1.807) is 18.4 Å². The van der Waals surface area contributed by atoms with Gasteiger partial charge in [0.2, 0.25) is 5.91 Å². The Bertz CT molecular complexity index is 987. The molecule has 0 unspecified atom stereocenters. The summed E-state index contributed by atoms with van der Waals surface area (Å²) < 4.78 is 7.58. The highest BCUT2D eigenvalue weighted by atomic mass is 32.2. The number of hydrogen-bond donors (Lipinski definition) is 0. The molecule has 1 atom stereocenters. The average Bonchev–Trinajstić information content (AvgIpc) is 3.47. The molecule has 0 saturated carbocycles. The first-order chi connectivity index (χ1) is 14.7. The molecule has 0 N–H and O–H groups in total. The molecule has 4 rings (SSSR count). The maximum Gasteiger partial charge on any atom is 0.233 e. The molecule has 1 aliphatic rings. The Morgan fingerprint density at radius 1 is 1.23 bits per heavy atom. The molecule has 158 valence electrons. The van der Waals surface area contributed by atoms with E-state index in [0.717, 1.165) is 47.9 Å². The van der Waals surface area contributed by atoms with Gasteiger partial charge in [-0.1, -0.05) is 36.9 Å². The van der Waals surface area contributed by atoms with Crippen LogP contribution in [0.3, 0.4) is 0 Å². The van der Waals surface area contributed by atoms with Crippen LogP contribution < -0.4 is 4.74 Å². The van der Waals surface area contributed by atoms with Crippen LogP contribution in [-0.2, 0) is 4.79 Å². The van der Waals surface area contributed by atoms with E-state index in [2.05, 4.69) is 22.0 Å². The van der Waals surface area contributed by atoms with Crippen LogP contribution in [0, 0.1) is 0 Å². The van der Waals surface area contributed by atoms with E-state index in [1.807, 2.05) is 46.3 Å². The van der Waals surface area contributed by atoms with Crippen LogP contribution in [0.25, 0.3) is 16.4 Å². The maximum atomic E-state index is 13.0. The van der Waals surface area contributed by atoms with Gasteiger partial charge in [-0.15, -0.1) is 21.5 Å². The van der Waals surface area contributed by atoms with Gasteiger partial charge in [0.15, 0.2) is 11.0 Å².